The molecule has 2 nitrogen and oxygen atoms in total. The van der Waals surface area contributed by atoms with Crippen LogP contribution >= 0.6 is 0 Å². The number of hydrogen-bond acceptors (Lipinski definition) is 2. The third-order valence-corrected chi connectivity index (χ3v) is 1.53. The van der Waals surface area contributed by atoms with Gasteiger partial charge in [0.15, 0.2) is 0 Å². The van der Waals surface area contributed by atoms with E-state index in [0.717, 1.165) is 6.42 Å². The topological polar surface area (TPSA) is 24.7 Å². The lowest BCUT2D eigenvalue weighted by Crippen LogP contribution is -2.09. The van der Waals surface area contributed by atoms with Crippen molar-refractivity contribution in [1.82, 2.24) is 0 Å². The molecule has 0 aliphatic carbocycles. The van der Waals surface area contributed by atoms with Crippen LogP contribution in [-0.4, -0.2) is 11.6 Å². The maximum Gasteiger partial charge on any atom is 0.0732 e. The monoisotopic (exact) mass is 170 g/mol. The minimum absolute atomic E-state index is 0.0134. The second kappa shape index (κ2) is 5.28. The van der Waals surface area contributed by atoms with Gasteiger partial charge in [-0.2, -0.15) is 10.2 Å². The van der Waals surface area contributed by atoms with Gasteiger partial charge in [-0.25, -0.2) is 0 Å². The van der Waals surface area contributed by atoms with Crippen molar-refractivity contribution in [1.29, 1.82) is 0 Å². The Morgan fingerprint density at radius 1 is 1.25 bits per heavy atom. The lowest BCUT2D eigenvalue weighted by atomic mass is 10.1. The Labute approximate surface area is 76.5 Å². The Kier molecular flexibility index (Phi) is 5.11. The minimum Gasteiger partial charge on any atom is -0.191 e. The van der Waals surface area contributed by atoms with E-state index in [-0.39, 0.29) is 5.54 Å². The molecule has 1 atom stereocenters. The van der Waals surface area contributed by atoms with Gasteiger partial charge in [-0.1, -0.05) is 19.8 Å². The molecule has 0 bridgehead atoms. The summed E-state index contributed by atoms with van der Waals surface area (Å²) in [4.78, 5) is 0. The average Bonchev–Trinajstić information content (AvgIpc) is 1.95. The summed E-state index contributed by atoms with van der Waals surface area (Å²) in [5.74, 6) is 0. The molecule has 0 aliphatic rings. The van der Waals surface area contributed by atoms with Crippen molar-refractivity contribution in [2.75, 3.05) is 0 Å². The van der Waals surface area contributed by atoms with Crippen LogP contribution in [0.3, 0.4) is 0 Å². The summed E-state index contributed by atoms with van der Waals surface area (Å²) < 4.78 is 0. The molecule has 0 saturated heterocycles. The van der Waals surface area contributed by atoms with Crippen molar-refractivity contribution in [3.63, 3.8) is 0 Å². The number of nitrogens with zero attached hydrogens (tertiary/aromatic N) is 2. The van der Waals surface area contributed by atoms with Crippen molar-refractivity contribution in [2.45, 2.75) is 65.5 Å². The zero-order valence-corrected chi connectivity index (χ0v) is 9.09. The van der Waals surface area contributed by atoms with Gasteiger partial charge in [-0.05, 0) is 34.1 Å². The molecule has 0 aromatic rings. The molecule has 0 radical (unpaired) electrons. The third-order valence-electron chi connectivity index (χ3n) is 1.53. The van der Waals surface area contributed by atoms with E-state index in [1.165, 1.54) is 12.8 Å². The second-order valence-corrected chi connectivity index (χ2v) is 4.38. The SMILES string of the molecule is CCCCC(C)N=NC(C)(C)C. The number of hydrogen-bond donors (Lipinski definition) is 0. The molecule has 0 N–H and O–H groups in total. The van der Waals surface area contributed by atoms with Gasteiger partial charge in [0.1, 0.15) is 0 Å². The first-order chi connectivity index (χ1) is 5.45. The highest BCUT2D eigenvalue weighted by molar-refractivity contribution is 4.68. The first-order valence-corrected chi connectivity index (χ1v) is 4.87. The summed E-state index contributed by atoms with van der Waals surface area (Å²) >= 11 is 0. The van der Waals surface area contributed by atoms with Crippen LogP contribution in [0.2, 0.25) is 0 Å². The van der Waals surface area contributed by atoms with Gasteiger partial charge in [0.25, 0.3) is 0 Å². The predicted octanol–water partition coefficient (Wildman–Crippen LogP) is 3.82. The molecule has 0 aromatic carbocycles. The van der Waals surface area contributed by atoms with Gasteiger partial charge in [-0.3, -0.25) is 0 Å². The lowest BCUT2D eigenvalue weighted by molar-refractivity contribution is 0.499. The summed E-state index contributed by atoms with van der Waals surface area (Å²) in [6.07, 6.45) is 3.66. The van der Waals surface area contributed by atoms with Crippen LogP contribution in [0, 0.1) is 0 Å². The van der Waals surface area contributed by atoms with Crippen LogP contribution in [0.4, 0.5) is 0 Å². The number of unbranched alkanes of at least 4 members (excludes halogenated alkanes) is 1. The standard InChI is InChI=1S/C10H22N2/c1-6-7-8-9(2)11-12-10(3,4)5/h9H,6-8H2,1-5H3. The normalized spacial score (nSPS) is 15.4. The van der Waals surface area contributed by atoms with E-state index in [0.29, 0.717) is 6.04 Å². The first kappa shape index (κ1) is 11.6. The van der Waals surface area contributed by atoms with Crippen molar-refractivity contribution in [3.05, 3.63) is 0 Å². The zero-order valence-electron chi connectivity index (χ0n) is 9.09. The van der Waals surface area contributed by atoms with E-state index in [4.69, 9.17) is 0 Å². The third kappa shape index (κ3) is 7.70. The lowest BCUT2D eigenvalue weighted by Gasteiger charge is -2.11. The van der Waals surface area contributed by atoms with Gasteiger partial charge in [0, 0.05) is 0 Å². The van der Waals surface area contributed by atoms with E-state index in [1.54, 1.807) is 0 Å². The highest BCUT2D eigenvalue weighted by Gasteiger charge is 2.07. The smallest absolute Gasteiger partial charge is 0.0732 e. The van der Waals surface area contributed by atoms with Crippen LogP contribution in [0.1, 0.15) is 53.9 Å². The molecule has 0 rings (SSSR count). The van der Waals surface area contributed by atoms with Crippen LogP contribution in [0.25, 0.3) is 0 Å². The number of rotatable bonds is 4. The maximum atomic E-state index is 4.26. The van der Waals surface area contributed by atoms with Crippen LogP contribution in [0.15, 0.2) is 10.2 Å². The molecular weight excluding hydrogens is 148 g/mol. The molecule has 72 valence electrons. The molecule has 0 saturated carbocycles. The van der Waals surface area contributed by atoms with Gasteiger partial charge in [-0.15, -0.1) is 0 Å². The molecule has 0 fully saturated rings. The fourth-order valence-corrected chi connectivity index (χ4v) is 0.829. The molecule has 12 heavy (non-hydrogen) atoms. The van der Waals surface area contributed by atoms with Gasteiger partial charge >= 0.3 is 0 Å². The molecular formula is C10H22N2. The molecule has 1 unspecified atom stereocenters. The second-order valence-electron chi connectivity index (χ2n) is 4.38. The molecule has 0 aromatic heterocycles. The van der Waals surface area contributed by atoms with Gasteiger partial charge < -0.3 is 0 Å². The summed E-state index contributed by atoms with van der Waals surface area (Å²) in [6.45, 7) is 10.5. The Bertz CT molecular complexity index is 133. The van der Waals surface area contributed by atoms with E-state index < -0.39 is 0 Å². The number of azo groups is 1. The minimum atomic E-state index is -0.0134. The van der Waals surface area contributed by atoms with Crippen LogP contribution in [0.5, 0.6) is 0 Å². The zero-order chi connectivity index (χ0) is 9.61. The predicted molar refractivity (Wildman–Crippen MR) is 53.6 cm³/mol. The fourth-order valence-electron chi connectivity index (χ4n) is 0.829. The Morgan fingerprint density at radius 2 is 1.83 bits per heavy atom. The Hall–Kier alpha value is -0.400. The molecule has 0 aliphatic heterocycles. The molecule has 0 amide bonds. The van der Waals surface area contributed by atoms with Gasteiger partial charge in [0.05, 0.1) is 11.6 Å². The van der Waals surface area contributed by atoms with Gasteiger partial charge in [0.2, 0.25) is 0 Å². The van der Waals surface area contributed by atoms with Crippen molar-refractivity contribution in [2.24, 2.45) is 10.2 Å². The largest absolute Gasteiger partial charge is 0.191 e. The van der Waals surface area contributed by atoms with Crippen molar-refractivity contribution < 1.29 is 0 Å². The Morgan fingerprint density at radius 3 is 2.25 bits per heavy atom. The van der Waals surface area contributed by atoms with Crippen LogP contribution in [-0.2, 0) is 0 Å². The van der Waals surface area contributed by atoms with Crippen molar-refractivity contribution >= 4 is 0 Å². The van der Waals surface area contributed by atoms with Crippen molar-refractivity contribution in [3.8, 4) is 0 Å². The molecule has 0 heterocycles. The first-order valence-electron chi connectivity index (χ1n) is 4.87. The quantitative estimate of drug-likeness (QED) is 0.573. The van der Waals surface area contributed by atoms with E-state index in [1.807, 2.05) is 0 Å². The summed E-state index contributed by atoms with van der Waals surface area (Å²) in [7, 11) is 0. The summed E-state index contributed by atoms with van der Waals surface area (Å²) in [5.41, 5.74) is -0.0134. The highest BCUT2D eigenvalue weighted by Crippen LogP contribution is 2.10. The molecule has 0 spiro atoms. The van der Waals surface area contributed by atoms with E-state index in [2.05, 4.69) is 44.8 Å². The van der Waals surface area contributed by atoms with Crippen LogP contribution < -0.4 is 0 Å². The highest BCUT2D eigenvalue weighted by atomic mass is 15.2. The molecule has 2 heteroatoms. The average molecular weight is 170 g/mol. The Balaban J connectivity index is 3.68. The van der Waals surface area contributed by atoms with E-state index >= 15 is 0 Å². The summed E-state index contributed by atoms with van der Waals surface area (Å²) in [5, 5.41) is 8.49. The summed E-state index contributed by atoms with van der Waals surface area (Å²) in [6, 6.07) is 0.393. The maximum absolute atomic E-state index is 4.26. The van der Waals surface area contributed by atoms with E-state index in [9.17, 15) is 0 Å². The fraction of sp³-hybridized carbons (Fsp3) is 1.00.